The maximum atomic E-state index is 10.8. The highest BCUT2D eigenvalue weighted by molar-refractivity contribution is 5.67. The molecule has 17 heavy (non-hydrogen) atoms. The number of rotatable bonds is 7. The summed E-state index contributed by atoms with van der Waals surface area (Å²) in [6, 6.07) is 10.1. The Hall–Kier alpha value is -1.31. The summed E-state index contributed by atoms with van der Waals surface area (Å²) < 4.78 is 0. The predicted molar refractivity (Wildman–Crippen MR) is 69.8 cm³/mol. The number of carbonyl (C=O) groups is 1. The molecule has 0 bridgehead atoms. The number of benzene rings is 1. The SMILES string of the molecule is [CH2]C(CC(CCC)CC(=O)O)c1ccccc1. The van der Waals surface area contributed by atoms with Crippen molar-refractivity contribution in [2.24, 2.45) is 5.92 Å². The highest BCUT2D eigenvalue weighted by Gasteiger charge is 2.16. The van der Waals surface area contributed by atoms with E-state index in [0.29, 0.717) is 0 Å². The standard InChI is InChI=1S/C15H21O2/c1-3-7-13(11-15(16)17)10-12(2)14-8-5-4-6-9-14/h4-6,8-9,12-13H,2-3,7,10-11H2,1H3,(H,16,17). The molecule has 0 aliphatic heterocycles. The molecule has 0 spiro atoms. The first-order valence-electron chi connectivity index (χ1n) is 6.23. The first-order chi connectivity index (χ1) is 8.13. The van der Waals surface area contributed by atoms with Gasteiger partial charge in [-0.3, -0.25) is 4.79 Å². The maximum absolute atomic E-state index is 10.8. The fourth-order valence-electron chi connectivity index (χ4n) is 2.22. The molecule has 1 rings (SSSR count). The third-order valence-electron chi connectivity index (χ3n) is 3.05. The van der Waals surface area contributed by atoms with Crippen LogP contribution in [0.25, 0.3) is 0 Å². The zero-order valence-corrected chi connectivity index (χ0v) is 10.4. The van der Waals surface area contributed by atoms with Gasteiger partial charge in [-0.05, 0) is 30.7 Å². The molecule has 1 aromatic carbocycles. The third-order valence-corrected chi connectivity index (χ3v) is 3.05. The fourth-order valence-corrected chi connectivity index (χ4v) is 2.22. The van der Waals surface area contributed by atoms with E-state index in [9.17, 15) is 4.79 Å². The quantitative estimate of drug-likeness (QED) is 0.775. The smallest absolute Gasteiger partial charge is 0.303 e. The van der Waals surface area contributed by atoms with Crippen LogP contribution in [0.5, 0.6) is 0 Å². The average molecular weight is 233 g/mol. The molecule has 1 aromatic rings. The minimum Gasteiger partial charge on any atom is -0.481 e. The number of hydrogen-bond donors (Lipinski definition) is 1. The molecule has 2 nitrogen and oxygen atoms in total. The van der Waals surface area contributed by atoms with Gasteiger partial charge in [0.15, 0.2) is 0 Å². The van der Waals surface area contributed by atoms with Gasteiger partial charge in [-0.15, -0.1) is 0 Å². The minimum atomic E-state index is -0.705. The highest BCUT2D eigenvalue weighted by atomic mass is 16.4. The van der Waals surface area contributed by atoms with Crippen molar-refractivity contribution in [3.8, 4) is 0 Å². The summed E-state index contributed by atoms with van der Waals surface area (Å²) in [5.41, 5.74) is 1.19. The van der Waals surface area contributed by atoms with Gasteiger partial charge in [-0.25, -0.2) is 0 Å². The van der Waals surface area contributed by atoms with E-state index in [0.717, 1.165) is 19.3 Å². The second kappa shape index (κ2) is 7.10. The number of carboxylic acids is 1. The Labute approximate surface area is 104 Å². The average Bonchev–Trinajstić information content (AvgIpc) is 2.29. The molecule has 2 atom stereocenters. The van der Waals surface area contributed by atoms with Crippen LogP contribution in [0, 0.1) is 12.8 Å². The third kappa shape index (κ3) is 5.03. The maximum Gasteiger partial charge on any atom is 0.303 e. The zero-order valence-electron chi connectivity index (χ0n) is 10.4. The molecule has 0 fully saturated rings. The molecule has 0 amide bonds. The van der Waals surface area contributed by atoms with Crippen LogP contribution in [-0.4, -0.2) is 11.1 Å². The van der Waals surface area contributed by atoms with Crippen molar-refractivity contribution in [2.45, 2.75) is 38.5 Å². The number of carboxylic acid groups (broad SMARTS) is 1. The van der Waals surface area contributed by atoms with Gasteiger partial charge in [-0.1, -0.05) is 50.1 Å². The Morgan fingerprint density at radius 1 is 1.35 bits per heavy atom. The molecule has 0 aliphatic rings. The molecule has 0 saturated heterocycles. The molecule has 0 heterocycles. The topological polar surface area (TPSA) is 37.3 Å². The largest absolute Gasteiger partial charge is 0.481 e. The minimum absolute atomic E-state index is 0.187. The number of aliphatic carboxylic acids is 1. The molecular weight excluding hydrogens is 212 g/mol. The van der Waals surface area contributed by atoms with Gasteiger partial charge in [-0.2, -0.15) is 0 Å². The van der Waals surface area contributed by atoms with E-state index in [2.05, 4.69) is 26.0 Å². The summed E-state index contributed by atoms with van der Waals surface area (Å²) in [4.78, 5) is 10.8. The lowest BCUT2D eigenvalue weighted by atomic mass is 9.86. The van der Waals surface area contributed by atoms with Gasteiger partial charge in [0.25, 0.3) is 0 Å². The lowest BCUT2D eigenvalue weighted by Gasteiger charge is -2.19. The normalized spacial score (nSPS) is 14.2. The molecule has 0 aliphatic carbocycles. The summed E-state index contributed by atoms with van der Waals surface area (Å²) in [5.74, 6) is -0.281. The van der Waals surface area contributed by atoms with E-state index < -0.39 is 5.97 Å². The van der Waals surface area contributed by atoms with E-state index in [-0.39, 0.29) is 18.3 Å². The van der Waals surface area contributed by atoms with Crippen LogP contribution in [-0.2, 0) is 4.79 Å². The van der Waals surface area contributed by atoms with Crippen LogP contribution in [0.3, 0.4) is 0 Å². The molecule has 1 N–H and O–H groups in total. The molecular formula is C15H21O2. The van der Waals surface area contributed by atoms with Crippen LogP contribution >= 0.6 is 0 Å². The summed E-state index contributed by atoms with van der Waals surface area (Å²) in [6.07, 6.45) is 3.10. The van der Waals surface area contributed by atoms with E-state index >= 15 is 0 Å². The van der Waals surface area contributed by atoms with Gasteiger partial charge in [0.05, 0.1) is 0 Å². The van der Waals surface area contributed by atoms with Crippen molar-refractivity contribution in [2.75, 3.05) is 0 Å². The lowest BCUT2D eigenvalue weighted by Crippen LogP contribution is -2.11. The van der Waals surface area contributed by atoms with E-state index in [4.69, 9.17) is 5.11 Å². The first-order valence-corrected chi connectivity index (χ1v) is 6.23. The monoisotopic (exact) mass is 233 g/mol. The van der Waals surface area contributed by atoms with Gasteiger partial charge in [0.1, 0.15) is 0 Å². The fraction of sp³-hybridized carbons (Fsp3) is 0.467. The second-order valence-electron chi connectivity index (χ2n) is 4.60. The van der Waals surface area contributed by atoms with Crippen molar-refractivity contribution >= 4 is 5.97 Å². The van der Waals surface area contributed by atoms with E-state index in [1.54, 1.807) is 0 Å². The Kier molecular flexibility index (Phi) is 5.75. The van der Waals surface area contributed by atoms with Crippen LogP contribution in [0.15, 0.2) is 30.3 Å². The van der Waals surface area contributed by atoms with Gasteiger partial charge in [0.2, 0.25) is 0 Å². The lowest BCUT2D eigenvalue weighted by molar-refractivity contribution is -0.138. The van der Waals surface area contributed by atoms with Crippen molar-refractivity contribution < 1.29 is 9.90 Å². The van der Waals surface area contributed by atoms with Crippen LogP contribution in [0.2, 0.25) is 0 Å². The zero-order chi connectivity index (χ0) is 12.7. The molecule has 1 radical (unpaired) electrons. The van der Waals surface area contributed by atoms with Crippen molar-refractivity contribution in [1.82, 2.24) is 0 Å². The van der Waals surface area contributed by atoms with E-state index in [1.807, 2.05) is 18.2 Å². The molecule has 0 aromatic heterocycles. The van der Waals surface area contributed by atoms with Gasteiger partial charge in [0, 0.05) is 6.42 Å². The summed E-state index contributed by atoms with van der Waals surface area (Å²) in [7, 11) is 0. The van der Waals surface area contributed by atoms with Gasteiger partial charge < -0.3 is 5.11 Å². The van der Waals surface area contributed by atoms with Crippen LogP contribution in [0.1, 0.15) is 44.1 Å². The van der Waals surface area contributed by atoms with Crippen molar-refractivity contribution in [3.05, 3.63) is 42.8 Å². The first kappa shape index (κ1) is 13.8. The Morgan fingerprint density at radius 2 is 2.00 bits per heavy atom. The molecule has 2 unspecified atom stereocenters. The molecule has 93 valence electrons. The van der Waals surface area contributed by atoms with Crippen LogP contribution < -0.4 is 0 Å². The number of hydrogen-bond acceptors (Lipinski definition) is 1. The Morgan fingerprint density at radius 3 is 2.53 bits per heavy atom. The van der Waals surface area contributed by atoms with Crippen LogP contribution in [0.4, 0.5) is 0 Å². The highest BCUT2D eigenvalue weighted by Crippen LogP contribution is 2.27. The van der Waals surface area contributed by atoms with Crippen molar-refractivity contribution in [1.29, 1.82) is 0 Å². The summed E-state index contributed by atoms with van der Waals surface area (Å²) in [6.45, 7) is 6.24. The van der Waals surface area contributed by atoms with Crippen molar-refractivity contribution in [3.63, 3.8) is 0 Å². The summed E-state index contributed by atoms with van der Waals surface area (Å²) >= 11 is 0. The molecule has 0 saturated carbocycles. The predicted octanol–water partition coefficient (Wildman–Crippen LogP) is 3.89. The molecule has 2 heteroatoms. The summed E-state index contributed by atoms with van der Waals surface area (Å²) in [5, 5.41) is 8.87. The van der Waals surface area contributed by atoms with E-state index in [1.165, 1.54) is 5.56 Å². The Balaban J connectivity index is 2.57. The van der Waals surface area contributed by atoms with Gasteiger partial charge >= 0.3 is 5.97 Å². The second-order valence-corrected chi connectivity index (χ2v) is 4.60. The Bertz CT molecular complexity index is 332.